The van der Waals surface area contributed by atoms with E-state index in [4.69, 9.17) is 0 Å². The number of hydrogen-bond acceptors (Lipinski definition) is 9. The molecule has 9 heteroatoms. The molecule has 6 nitrogen and oxygen atoms in total. The van der Waals surface area contributed by atoms with Crippen molar-refractivity contribution in [2.75, 3.05) is 37.1 Å². The van der Waals surface area contributed by atoms with Crippen LogP contribution in [0.4, 0.5) is 0 Å². The van der Waals surface area contributed by atoms with Gasteiger partial charge in [0.05, 0.1) is 39.1 Å². The van der Waals surface area contributed by atoms with Gasteiger partial charge in [0.25, 0.3) is 0 Å². The first kappa shape index (κ1) is 28.3. The molecule has 0 N–H and O–H groups in total. The molecule has 0 aromatic rings. The Balaban J connectivity index is -0.000000276. The Morgan fingerprint density at radius 2 is 0.792 bits per heavy atom. The van der Waals surface area contributed by atoms with E-state index in [1.807, 2.05) is 0 Å². The lowest BCUT2D eigenvalue weighted by atomic mass is 10.5. The van der Waals surface area contributed by atoms with Crippen molar-refractivity contribution < 1.29 is 28.6 Å². The summed E-state index contributed by atoms with van der Waals surface area (Å²) in [6, 6.07) is 0. The van der Waals surface area contributed by atoms with Crippen LogP contribution in [0, 0.1) is 0 Å². The molecular formula is C15H30O6S3. The van der Waals surface area contributed by atoms with Gasteiger partial charge in [-0.3, -0.25) is 14.4 Å². The Morgan fingerprint density at radius 1 is 0.583 bits per heavy atom. The van der Waals surface area contributed by atoms with Crippen molar-refractivity contribution in [1.82, 2.24) is 0 Å². The molecule has 0 aromatic heterocycles. The molecular weight excluding hydrogens is 372 g/mol. The van der Waals surface area contributed by atoms with Crippen molar-refractivity contribution in [2.45, 2.75) is 40.0 Å². The zero-order valence-corrected chi connectivity index (χ0v) is 17.3. The summed E-state index contributed by atoms with van der Waals surface area (Å²) in [5.74, 6) is 1.21. The van der Waals surface area contributed by atoms with E-state index in [1.165, 1.54) is 0 Å². The van der Waals surface area contributed by atoms with Gasteiger partial charge in [-0.2, -0.15) is 37.9 Å². The molecule has 0 unspecified atom stereocenters. The van der Waals surface area contributed by atoms with Gasteiger partial charge in [0.1, 0.15) is 0 Å². The molecule has 0 amide bonds. The molecule has 0 fully saturated rings. The molecule has 0 heterocycles. The predicted molar refractivity (Wildman–Crippen MR) is 105 cm³/mol. The second-order valence-electron chi connectivity index (χ2n) is 3.84. The second-order valence-corrected chi connectivity index (χ2v) is 5.18. The Labute approximate surface area is 161 Å². The van der Waals surface area contributed by atoms with Crippen molar-refractivity contribution >= 4 is 55.8 Å². The van der Waals surface area contributed by atoms with E-state index in [9.17, 15) is 14.4 Å². The molecule has 0 spiro atoms. The minimum atomic E-state index is -0.164. The lowest BCUT2D eigenvalue weighted by Crippen LogP contribution is -2.03. The van der Waals surface area contributed by atoms with Crippen molar-refractivity contribution in [3.05, 3.63) is 0 Å². The van der Waals surface area contributed by atoms with Gasteiger partial charge in [0, 0.05) is 17.3 Å². The maximum absolute atomic E-state index is 10.4. The van der Waals surface area contributed by atoms with Gasteiger partial charge >= 0.3 is 17.9 Å². The Hall–Kier alpha value is -0.540. The lowest BCUT2D eigenvalue weighted by Gasteiger charge is -1.96. The van der Waals surface area contributed by atoms with E-state index < -0.39 is 0 Å². The first-order valence-electron chi connectivity index (χ1n) is 7.72. The van der Waals surface area contributed by atoms with Gasteiger partial charge in [0.2, 0.25) is 0 Å². The van der Waals surface area contributed by atoms with Gasteiger partial charge in [-0.1, -0.05) is 0 Å². The third-order valence-electron chi connectivity index (χ3n) is 1.86. The van der Waals surface area contributed by atoms with E-state index in [1.54, 1.807) is 20.8 Å². The lowest BCUT2D eigenvalue weighted by molar-refractivity contribution is -0.143. The van der Waals surface area contributed by atoms with Gasteiger partial charge < -0.3 is 14.2 Å². The molecule has 0 saturated carbocycles. The maximum Gasteiger partial charge on any atom is 0.306 e. The van der Waals surface area contributed by atoms with E-state index >= 15 is 0 Å². The maximum atomic E-state index is 10.4. The summed E-state index contributed by atoms with van der Waals surface area (Å²) in [6.45, 7) is 6.76. The molecule has 0 radical (unpaired) electrons. The fourth-order valence-electron chi connectivity index (χ4n) is 0.973. The van der Waals surface area contributed by atoms with Crippen molar-refractivity contribution in [1.29, 1.82) is 0 Å². The number of hydrogen-bond donors (Lipinski definition) is 3. The van der Waals surface area contributed by atoms with Crippen LogP contribution in [0.25, 0.3) is 0 Å². The first-order chi connectivity index (χ1) is 11.4. The number of rotatable bonds is 9. The summed E-state index contributed by atoms with van der Waals surface area (Å²) in [6.07, 6.45) is 1.24. The average Bonchev–Trinajstić information content (AvgIpc) is 2.50. The highest BCUT2D eigenvalue weighted by molar-refractivity contribution is 7.80. The minimum Gasteiger partial charge on any atom is -0.466 e. The number of esters is 3. The Bertz CT molecular complexity index is 242. The topological polar surface area (TPSA) is 78.9 Å². The molecule has 0 aliphatic carbocycles. The summed E-state index contributed by atoms with van der Waals surface area (Å²) in [4.78, 5) is 31.1. The number of carbonyl (C=O) groups is 3. The normalized spacial score (nSPS) is 8.75. The summed E-state index contributed by atoms with van der Waals surface area (Å²) in [5.41, 5.74) is 0. The van der Waals surface area contributed by atoms with E-state index in [-0.39, 0.29) is 17.9 Å². The monoisotopic (exact) mass is 402 g/mol. The highest BCUT2D eigenvalue weighted by Crippen LogP contribution is 1.88. The van der Waals surface area contributed by atoms with Crippen LogP contribution in [-0.2, 0) is 28.6 Å². The molecule has 0 aromatic carbocycles. The van der Waals surface area contributed by atoms with Crippen LogP contribution < -0.4 is 0 Å². The zero-order chi connectivity index (χ0) is 19.2. The fourth-order valence-corrected chi connectivity index (χ4v) is 1.52. The highest BCUT2D eigenvalue weighted by Gasteiger charge is 1.97. The molecule has 0 aliphatic heterocycles. The molecule has 24 heavy (non-hydrogen) atoms. The average molecular weight is 403 g/mol. The first-order valence-corrected chi connectivity index (χ1v) is 9.62. The smallest absolute Gasteiger partial charge is 0.306 e. The Morgan fingerprint density at radius 3 is 0.917 bits per heavy atom. The molecule has 0 bridgehead atoms. The van der Waals surface area contributed by atoms with Crippen LogP contribution in [0.2, 0.25) is 0 Å². The van der Waals surface area contributed by atoms with Gasteiger partial charge in [-0.15, -0.1) is 0 Å². The number of thiol groups is 3. The van der Waals surface area contributed by atoms with Gasteiger partial charge in [-0.05, 0) is 20.8 Å². The molecule has 144 valence electrons. The van der Waals surface area contributed by atoms with Crippen LogP contribution in [0.5, 0.6) is 0 Å². The fraction of sp³-hybridized carbons (Fsp3) is 0.800. The third kappa shape index (κ3) is 29.5. The van der Waals surface area contributed by atoms with Crippen LogP contribution in [-0.4, -0.2) is 55.0 Å². The number of ether oxygens (including phenoxy) is 3. The minimum absolute atomic E-state index is 0.164. The van der Waals surface area contributed by atoms with Gasteiger partial charge in [0.15, 0.2) is 0 Å². The SMILES string of the molecule is CCOC(=O)CCS.CCOC(=O)CCS.CCOC(=O)CCS. The van der Waals surface area contributed by atoms with E-state index in [2.05, 4.69) is 52.1 Å². The summed E-state index contributed by atoms with van der Waals surface area (Å²) < 4.78 is 13.8. The molecule has 0 atom stereocenters. The Kier molecular flexibility index (Phi) is 29.1. The van der Waals surface area contributed by atoms with Crippen molar-refractivity contribution in [3.8, 4) is 0 Å². The molecule has 0 aliphatic rings. The zero-order valence-electron chi connectivity index (χ0n) is 14.7. The quantitative estimate of drug-likeness (QED) is 0.313. The van der Waals surface area contributed by atoms with Crippen LogP contribution in [0.15, 0.2) is 0 Å². The number of carbonyl (C=O) groups excluding carboxylic acids is 3. The van der Waals surface area contributed by atoms with Crippen LogP contribution in [0.1, 0.15) is 40.0 Å². The van der Waals surface area contributed by atoms with E-state index in [0.29, 0.717) is 56.3 Å². The van der Waals surface area contributed by atoms with Crippen LogP contribution in [0.3, 0.4) is 0 Å². The summed E-state index contributed by atoms with van der Waals surface area (Å²) in [7, 11) is 0. The third-order valence-corrected chi connectivity index (χ3v) is 2.53. The highest BCUT2D eigenvalue weighted by atomic mass is 32.1. The molecule has 0 rings (SSSR count). The standard InChI is InChI=1S/3C5H10O2S/c3*1-2-7-5(6)3-4-8/h3*8H,2-4H2,1H3. The largest absolute Gasteiger partial charge is 0.466 e. The van der Waals surface area contributed by atoms with Crippen LogP contribution >= 0.6 is 37.9 Å². The van der Waals surface area contributed by atoms with Crippen molar-refractivity contribution in [3.63, 3.8) is 0 Å². The second kappa shape index (κ2) is 24.7. The van der Waals surface area contributed by atoms with Crippen molar-refractivity contribution in [2.24, 2.45) is 0 Å². The summed E-state index contributed by atoms with van der Waals surface area (Å²) in [5, 5.41) is 0. The summed E-state index contributed by atoms with van der Waals surface area (Å²) >= 11 is 11.6. The van der Waals surface area contributed by atoms with Gasteiger partial charge in [-0.25, -0.2) is 0 Å². The van der Waals surface area contributed by atoms with E-state index in [0.717, 1.165) is 0 Å². The molecule has 0 saturated heterocycles. The predicted octanol–water partition coefficient (Wildman–Crippen LogP) is 2.61.